The first kappa shape index (κ1) is 15.6. The second-order valence-corrected chi connectivity index (χ2v) is 6.32. The molecule has 1 heterocycles. The number of ether oxygens (including phenoxy) is 1. The van der Waals surface area contributed by atoms with E-state index in [1.807, 2.05) is 32.0 Å². The number of hydrogen-bond donors (Lipinski definition) is 1. The van der Waals surface area contributed by atoms with E-state index in [9.17, 15) is 4.79 Å². The van der Waals surface area contributed by atoms with Crippen molar-refractivity contribution in [1.29, 1.82) is 0 Å². The molecule has 1 amide bonds. The highest BCUT2D eigenvalue weighted by atomic mass is 16.5. The van der Waals surface area contributed by atoms with Gasteiger partial charge < -0.3 is 9.26 Å². The van der Waals surface area contributed by atoms with Gasteiger partial charge in [0.1, 0.15) is 5.75 Å². The van der Waals surface area contributed by atoms with Crippen LogP contribution in [0.4, 0.5) is 5.88 Å². The van der Waals surface area contributed by atoms with E-state index in [4.69, 9.17) is 9.26 Å². The second kappa shape index (κ2) is 6.44. The molecule has 0 spiro atoms. The molecule has 23 heavy (non-hydrogen) atoms. The van der Waals surface area contributed by atoms with Gasteiger partial charge in [-0.2, -0.15) is 0 Å². The van der Waals surface area contributed by atoms with Crippen LogP contribution in [-0.4, -0.2) is 17.7 Å². The van der Waals surface area contributed by atoms with Gasteiger partial charge in [-0.25, -0.2) is 0 Å². The highest BCUT2D eigenvalue weighted by Crippen LogP contribution is 2.30. The lowest BCUT2D eigenvalue weighted by Gasteiger charge is -2.16. The molecule has 1 aromatic heterocycles. The number of aromatic nitrogens is 1. The standard InChI is InChI=1S/C18H22N2O3/c1-11-7-8-15-14(9-11)18(23-20-15)19-17(21)10-22-16-6-4-5-12(2)13(16)3/h4-6,11H,7-10H2,1-3H3,(H,19,21)/t11-/m0/s1. The highest BCUT2D eigenvalue weighted by Gasteiger charge is 2.24. The average Bonchev–Trinajstić information content (AvgIpc) is 2.91. The van der Waals surface area contributed by atoms with E-state index in [1.54, 1.807) is 0 Å². The predicted octanol–water partition coefficient (Wildman–Crippen LogP) is 3.43. The molecule has 5 heteroatoms. The Kier molecular flexibility index (Phi) is 4.37. The number of aryl methyl sites for hydroxylation is 2. The molecule has 0 unspecified atom stereocenters. The molecule has 0 bridgehead atoms. The van der Waals surface area contributed by atoms with Crippen LogP contribution in [-0.2, 0) is 17.6 Å². The number of amides is 1. The molecule has 1 atom stereocenters. The van der Waals surface area contributed by atoms with Gasteiger partial charge in [0.15, 0.2) is 6.61 Å². The van der Waals surface area contributed by atoms with Gasteiger partial charge in [0, 0.05) is 5.56 Å². The van der Waals surface area contributed by atoms with Crippen molar-refractivity contribution in [3.63, 3.8) is 0 Å². The summed E-state index contributed by atoms with van der Waals surface area (Å²) in [5, 5.41) is 6.84. The molecule has 122 valence electrons. The molecule has 1 aliphatic rings. The highest BCUT2D eigenvalue weighted by molar-refractivity contribution is 5.91. The Morgan fingerprint density at radius 1 is 1.43 bits per heavy atom. The van der Waals surface area contributed by atoms with Crippen molar-refractivity contribution in [3.05, 3.63) is 40.6 Å². The molecule has 0 fully saturated rings. The van der Waals surface area contributed by atoms with Gasteiger partial charge in [0.25, 0.3) is 5.91 Å². The first-order valence-corrected chi connectivity index (χ1v) is 8.01. The smallest absolute Gasteiger partial charge is 0.264 e. The molecular formula is C18H22N2O3. The van der Waals surface area contributed by atoms with Crippen LogP contribution < -0.4 is 10.1 Å². The number of hydrogen-bond acceptors (Lipinski definition) is 4. The maximum Gasteiger partial charge on any atom is 0.264 e. The minimum Gasteiger partial charge on any atom is -0.483 e. The van der Waals surface area contributed by atoms with Gasteiger partial charge >= 0.3 is 0 Å². The Balaban J connectivity index is 1.62. The summed E-state index contributed by atoms with van der Waals surface area (Å²) < 4.78 is 10.9. The van der Waals surface area contributed by atoms with E-state index < -0.39 is 0 Å². The third-order valence-corrected chi connectivity index (χ3v) is 4.46. The molecule has 0 radical (unpaired) electrons. The molecule has 1 aromatic carbocycles. The number of fused-ring (bicyclic) bond motifs is 1. The third-order valence-electron chi connectivity index (χ3n) is 4.46. The molecule has 0 saturated heterocycles. The number of nitrogens with one attached hydrogen (secondary N) is 1. The molecule has 5 nitrogen and oxygen atoms in total. The summed E-state index contributed by atoms with van der Waals surface area (Å²) in [6.07, 6.45) is 2.92. The van der Waals surface area contributed by atoms with Crippen LogP contribution in [0.25, 0.3) is 0 Å². The molecule has 3 rings (SSSR count). The molecule has 0 saturated carbocycles. The van der Waals surface area contributed by atoms with E-state index in [2.05, 4.69) is 17.4 Å². The number of carbonyl (C=O) groups excluding carboxylic acids is 1. The normalized spacial score (nSPS) is 16.7. The van der Waals surface area contributed by atoms with Gasteiger partial charge in [0.05, 0.1) is 5.69 Å². The summed E-state index contributed by atoms with van der Waals surface area (Å²) in [6.45, 7) is 6.15. The van der Waals surface area contributed by atoms with Crippen molar-refractivity contribution in [2.75, 3.05) is 11.9 Å². The van der Waals surface area contributed by atoms with Crippen LogP contribution in [0.3, 0.4) is 0 Å². The first-order chi connectivity index (χ1) is 11.0. The Hall–Kier alpha value is -2.30. The first-order valence-electron chi connectivity index (χ1n) is 8.01. The fourth-order valence-corrected chi connectivity index (χ4v) is 2.87. The fourth-order valence-electron chi connectivity index (χ4n) is 2.87. The van der Waals surface area contributed by atoms with Crippen molar-refractivity contribution in [2.45, 2.75) is 40.0 Å². The van der Waals surface area contributed by atoms with Crippen LogP contribution in [0.1, 0.15) is 35.7 Å². The molecule has 1 aliphatic carbocycles. The number of carbonyl (C=O) groups is 1. The topological polar surface area (TPSA) is 64.4 Å². The van der Waals surface area contributed by atoms with Crippen LogP contribution >= 0.6 is 0 Å². The van der Waals surface area contributed by atoms with Gasteiger partial charge in [0.2, 0.25) is 5.88 Å². The zero-order chi connectivity index (χ0) is 16.4. The summed E-state index contributed by atoms with van der Waals surface area (Å²) in [7, 11) is 0. The molecule has 2 aromatic rings. The number of nitrogens with zero attached hydrogens (tertiary/aromatic N) is 1. The monoisotopic (exact) mass is 314 g/mol. The van der Waals surface area contributed by atoms with E-state index in [0.717, 1.165) is 47.4 Å². The molecular weight excluding hydrogens is 292 g/mol. The molecule has 0 aliphatic heterocycles. The lowest BCUT2D eigenvalue weighted by Crippen LogP contribution is -2.21. The Bertz CT molecular complexity index is 721. The van der Waals surface area contributed by atoms with E-state index in [0.29, 0.717) is 11.8 Å². The van der Waals surface area contributed by atoms with E-state index >= 15 is 0 Å². The second-order valence-electron chi connectivity index (χ2n) is 6.32. The lowest BCUT2D eigenvalue weighted by atomic mass is 9.89. The van der Waals surface area contributed by atoms with E-state index in [1.165, 1.54) is 0 Å². The van der Waals surface area contributed by atoms with E-state index in [-0.39, 0.29) is 12.5 Å². The summed E-state index contributed by atoms with van der Waals surface area (Å²) in [4.78, 5) is 12.1. The van der Waals surface area contributed by atoms with Crippen LogP contribution in [0.15, 0.2) is 22.7 Å². The minimum atomic E-state index is -0.233. The lowest BCUT2D eigenvalue weighted by molar-refractivity contribution is -0.118. The van der Waals surface area contributed by atoms with Gasteiger partial charge in [-0.05, 0) is 56.2 Å². The summed E-state index contributed by atoms with van der Waals surface area (Å²) in [5.74, 6) is 1.56. The Morgan fingerprint density at radius 2 is 2.26 bits per heavy atom. The fraction of sp³-hybridized carbons (Fsp3) is 0.444. The zero-order valence-electron chi connectivity index (χ0n) is 13.8. The Labute approximate surface area is 136 Å². The largest absolute Gasteiger partial charge is 0.483 e. The summed E-state index contributed by atoms with van der Waals surface area (Å²) in [5.41, 5.74) is 4.19. The quantitative estimate of drug-likeness (QED) is 0.939. The van der Waals surface area contributed by atoms with Gasteiger partial charge in [-0.15, -0.1) is 0 Å². The predicted molar refractivity (Wildman–Crippen MR) is 87.7 cm³/mol. The average molecular weight is 314 g/mol. The SMILES string of the molecule is Cc1cccc(OCC(=O)Nc2onc3c2C[C@@H](C)CC3)c1C. The maximum absolute atomic E-state index is 12.1. The number of rotatable bonds is 4. The van der Waals surface area contributed by atoms with Crippen LogP contribution in [0, 0.1) is 19.8 Å². The minimum absolute atomic E-state index is 0.0463. The summed E-state index contributed by atoms with van der Waals surface area (Å²) >= 11 is 0. The van der Waals surface area contributed by atoms with Crippen molar-refractivity contribution < 1.29 is 14.1 Å². The van der Waals surface area contributed by atoms with Crippen LogP contribution in [0.5, 0.6) is 5.75 Å². The molecule has 1 N–H and O–H groups in total. The summed E-state index contributed by atoms with van der Waals surface area (Å²) in [6, 6.07) is 5.81. The van der Waals surface area contributed by atoms with Crippen molar-refractivity contribution in [1.82, 2.24) is 5.16 Å². The van der Waals surface area contributed by atoms with Gasteiger partial charge in [-0.1, -0.05) is 24.2 Å². The van der Waals surface area contributed by atoms with Crippen LogP contribution in [0.2, 0.25) is 0 Å². The van der Waals surface area contributed by atoms with Crippen molar-refractivity contribution in [3.8, 4) is 5.75 Å². The number of benzene rings is 1. The maximum atomic E-state index is 12.1. The third kappa shape index (κ3) is 3.38. The number of anilines is 1. The Morgan fingerprint density at radius 3 is 3.09 bits per heavy atom. The van der Waals surface area contributed by atoms with Crippen molar-refractivity contribution >= 4 is 11.8 Å². The zero-order valence-corrected chi connectivity index (χ0v) is 13.8. The van der Waals surface area contributed by atoms with Crippen molar-refractivity contribution in [2.24, 2.45) is 5.92 Å². The van der Waals surface area contributed by atoms with Gasteiger partial charge in [-0.3, -0.25) is 10.1 Å².